The van der Waals surface area contributed by atoms with Crippen LogP contribution in [0.3, 0.4) is 0 Å². The molecule has 2 saturated heterocycles. The minimum absolute atomic E-state index is 0.00773. The van der Waals surface area contributed by atoms with Gasteiger partial charge >= 0.3 is 5.97 Å². The van der Waals surface area contributed by atoms with Crippen LogP contribution in [0.4, 0.5) is 10.1 Å². The Morgan fingerprint density at radius 2 is 1.93 bits per heavy atom. The molecule has 162 valence electrons. The molecule has 0 radical (unpaired) electrons. The van der Waals surface area contributed by atoms with Crippen molar-refractivity contribution in [3.63, 3.8) is 0 Å². The molecule has 4 aliphatic rings. The first kappa shape index (κ1) is 20.0. The zero-order valence-corrected chi connectivity index (χ0v) is 18.0. The van der Waals surface area contributed by atoms with Gasteiger partial charge in [0.25, 0.3) is 0 Å². The third-order valence-electron chi connectivity index (χ3n) is 8.34. The Kier molecular flexibility index (Phi) is 5.12. The zero-order chi connectivity index (χ0) is 20.9. The average molecular weight is 413 g/mol. The fourth-order valence-corrected chi connectivity index (χ4v) is 6.58. The Morgan fingerprint density at radius 3 is 2.67 bits per heavy atom. The number of rotatable bonds is 3. The number of hydrogen-bond acceptors (Lipinski definition) is 4. The van der Waals surface area contributed by atoms with Gasteiger partial charge in [-0.1, -0.05) is 19.1 Å². The standard InChI is InChI=1S/C25H33FN2O2/c1-17-4-3-9-25(2)15-23-20(14-22(17)25)21(24(29)30-23)16-27-10-12-28(13-11-27)19-7-5-18(26)6-8-19/h5-8,20-23H,1,3-4,9-16H2,2H3/t20-,21-,22-,23-,25-/m1/s1. The smallest absolute Gasteiger partial charge is 0.310 e. The zero-order valence-electron chi connectivity index (χ0n) is 18.0. The Morgan fingerprint density at radius 1 is 1.20 bits per heavy atom. The van der Waals surface area contributed by atoms with E-state index in [0.29, 0.717) is 11.8 Å². The van der Waals surface area contributed by atoms with Crippen LogP contribution in [-0.2, 0) is 9.53 Å². The van der Waals surface area contributed by atoms with Gasteiger partial charge in [0.05, 0.1) is 5.92 Å². The van der Waals surface area contributed by atoms with Gasteiger partial charge in [-0.3, -0.25) is 9.69 Å². The number of ether oxygens (including phenoxy) is 1. The van der Waals surface area contributed by atoms with E-state index < -0.39 is 0 Å². The van der Waals surface area contributed by atoms with Gasteiger partial charge in [0.15, 0.2) is 0 Å². The van der Waals surface area contributed by atoms with Crippen molar-refractivity contribution in [2.24, 2.45) is 23.2 Å². The molecule has 0 aromatic heterocycles. The molecule has 2 heterocycles. The van der Waals surface area contributed by atoms with E-state index in [2.05, 4.69) is 23.3 Å². The first-order chi connectivity index (χ1) is 14.4. The second-order valence-corrected chi connectivity index (χ2v) is 10.2. The highest BCUT2D eigenvalue weighted by atomic mass is 19.1. The predicted molar refractivity (Wildman–Crippen MR) is 116 cm³/mol. The summed E-state index contributed by atoms with van der Waals surface area (Å²) >= 11 is 0. The molecule has 0 bridgehead atoms. The Bertz CT molecular complexity index is 817. The minimum Gasteiger partial charge on any atom is -0.462 e. The van der Waals surface area contributed by atoms with Crippen LogP contribution in [0.5, 0.6) is 0 Å². The number of hydrogen-bond donors (Lipinski definition) is 0. The van der Waals surface area contributed by atoms with Gasteiger partial charge in [-0.25, -0.2) is 4.39 Å². The van der Waals surface area contributed by atoms with E-state index in [1.807, 2.05) is 12.1 Å². The number of fused-ring (bicyclic) bond motifs is 2. The van der Waals surface area contributed by atoms with Crippen LogP contribution >= 0.6 is 0 Å². The van der Waals surface area contributed by atoms with Crippen LogP contribution in [0.25, 0.3) is 0 Å². The highest BCUT2D eigenvalue weighted by Gasteiger charge is 2.55. The summed E-state index contributed by atoms with van der Waals surface area (Å²) in [4.78, 5) is 17.5. The first-order valence-electron chi connectivity index (χ1n) is 11.5. The lowest BCUT2D eigenvalue weighted by Crippen LogP contribution is -2.50. The van der Waals surface area contributed by atoms with Gasteiger partial charge in [0, 0.05) is 44.3 Å². The van der Waals surface area contributed by atoms with E-state index in [-0.39, 0.29) is 29.2 Å². The molecule has 4 nitrogen and oxygen atoms in total. The number of piperazine rings is 1. The molecule has 30 heavy (non-hydrogen) atoms. The summed E-state index contributed by atoms with van der Waals surface area (Å²) < 4.78 is 19.1. The summed E-state index contributed by atoms with van der Waals surface area (Å²) in [6.45, 7) is 11.2. The van der Waals surface area contributed by atoms with Crippen LogP contribution in [0.2, 0.25) is 0 Å². The summed E-state index contributed by atoms with van der Waals surface area (Å²) in [7, 11) is 0. The molecule has 2 aliphatic heterocycles. The Hall–Kier alpha value is -1.88. The number of halogens is 1. The van der Waals surface area contributed by atoms with Crippen LogP contribution in [-0.4, -0.2) is 49.7 Å². The lowest BCUT2D eigenvalue weighted by atomic mass is 9.55. The van der Waals surface area contributed by atoms with Crippen LogP contribution < -0.4 is 4.90 Å². The molecular formula is C25H33FN2O2. The first-order valence-corrected chi connectivity index (χ1v) is 11.5. The summed E-state index contributed by atoms with van der Waals surface area (Å²) in [6, 6.07) is 6.73. The Balaban J connectivity index is 1.22. The number of carbonyl (C=O) groups excluding carboxylic acids is 1. The van der Waals surface area contributed by atoms with Crippen LogP contribution in [0, 0.1) is 29.0 Å². The van der Waals surface area contributed by atoms with Crippen LogP contribution in [0.15, 0.2) is 36.4 Å². The molecule has 2 saturated carbocycles. The van der Waals surface area contributed by atoms with E-state index in [9.17, 15) is 9.18 Å². The second kappa shape index (κ2) is 7.67. The normalized spacial score (nSPS) is 36.9. The van der Waals surface area contributed by atoms with E-state index in [0.717, 1.165) is 57.7 Å². The van der Waals surface area contributed by atoms with E-state index in [4.69, 9.17) is 4.74 Å². The van der Waals surface area contributed by atoms with E-state index >= 15 is 0 Å². The highest BCUT2D eigenvalue weighted by Crippen LogP contribution is 2.56. The molecule has 5 atom stereocenters. The van der Waals surface area contributed by atoms with Gasteiger partial charge in [0.2, 0.25) is 0 Å². The fourth-order valence-electron chi connectivity index (χ4n) is 6.58. The maximum absolute atomic E-state index is 13.2. The predicted octanol–water partition coefficient (Wildman–Crippen LogP) is 4.26. The Labute approximate surface area is 179 Å². The van der Waals surface area contributed by atoms with Crippen molar-refractivity contribution in [1.82, 2.24) is 4.90 Å². The maximum Gasteiger partial charge on any atom is 0.310 e. The number of benzene rings is 1. The maximum atomic E-state index is 13.2. The van der Waals surface area contributed by atoms with Crippen molar-refractivity contribution in [1.29, 1.82) is 0 Å². The summed E-state index contributed by atoms with van der Waals surface area (Å²) in [6.07, 6.45) is 5.75. The molecule has 2 aliphatic carbocycles. The quantitative estimate of drug-likeness (QED) is 0.549. The van der Waals surface area contributed by atoms with Gasteiger partial charge in [-0.15, -0.1) is 0 Å². The van der Waals surface area contributed by atoms with E-state index in [1.165, 1.54) is 30.5 Å². The minimum atomic E-state index is -0.198. The largest absolute Gasteiger partial charge is 0.462 e. The molecular weight excluding hydrogens is 379 g/mol. The SMILES string of the molecule is C=C1CCC[C@]2(C)C[C@H]3OC(=O)[C@H](CN4CCN(c5ccc(F)cc5)CC4)[C@H]3C[C@H]12. The van der Waals surface area contributed by atoms with Crippen molar-refractivity contribution >= 4 is 11.7 Å². The number of carbonyl (C=O) groups is 1. The van der Waals surface area contributed by atoms with Crippen molar-refractivity contribution in [3.05, 3.63) is 42.2 Å². The van der Waals surface area contributed by atoms with E-state index in [1.54, 1.807) is 0 Å². The molecule has 1 aromatic rings. The molecule has 0 N–H and O–H groups in total. The molecule has 0 unspecified atom stereocenters. The number of nitrogens with zero attached hydrogens (tertiary/aromatic N) is 2. The third-order valence-corrected chi connectivity index (χ3v) is 8.34. The fraction of sp³-hybridized carbons (Fsp3) is 0.640. The van der Waals surface area contributed by atoms with Gasteiger partial charge in [-0.2, -0.15) is 0 Å². The molecule has 5 rings (SSSR count). The third kappa shape index (κ3) is 3.55. The molecule has 4 fully saturated rings. The van der Waals surface area contributed by atoms with Crippen LogP contribution in [0.1, 0.15) is 39.0 Å². The molecule has 5 heteroatoms. The lowest BCUT2D eigenvalue weighted by Gasteiger charge is -2.50. The summed E-state index contributed by atoms with van der Waals surface area (Å²) in [5.41, 5.74) is 2.72. The lowest BCUT2D eigenvalue weighted by molar-refractivity contribution is -0.146. The van der Waals surface area contributed by atoms with Crippen molar-refractivity contribution < 1.29 is 13.9 Å². The van der Waals surface area contributed by atoms with Crippen molar-refractivity contribution in [2.75, 3.05) is 37.6 Å². The van der Waals surface area contributed by atoms with Gasteiger partial charge in [-0.05, 0) is 67.7 Å². The highest BCUT2D eigenvalue weighted by molar-refractivity contribution is 5.75. The summed E-state index contributed by atoms with van der Waals surface area (Å²) in [5, 5.41) is 0. The number of allylic oxidation sites excluding steroid dienone is 1. The molecule has 0 spiro atoms. The van der Waals surface area contributed by atoms with Crippen molar-refractivity contribution in [3.8, 4) is 0 Å². The number of esters is 1. The summed E-state index contributed by atoms with van der Waals surface area (Å²) in [5.74, 6) is 0.682. The topological polar surface area (TPSA) is 32.8 Å². The molecule has 1 aromatic carbocycles. The van der Waals surface area contributed by atoms with Crippen molar-refractivity contribution in [2.45, 2.75) is 45.1 Å². The van der Waals surface area contributed by atoms with Gasteiger partial charge in [0.1, 0.15) is 11.9 Å². The second-order valence-electron chi connectivity index (χ2n) is 10.2. The monoisotopic (exact) mass is 412 g/mol. The molecule has 0 amide bonds. The average Bonchev–Trinajstić information content (AvgIpc) is 3.01. The number of anilines is 1. The van der Waals surface area contributed by atoms with Gasteiger partial charge < -0.3 is 9.64 Å².